The van der Waals surface area contributed by atoms with E-state index >= 15 is 0 Å². The number of hydrogen-bond donors (Lipinski definition) is 1. The van der Waals surface area contributed by atoms with Gasteiger partial charge in [0.25, 0.3) is 0 Å². The van der Waals surface area contributed by atoms with Gasteiger partial charge in [-0.3, -0.25) is 0 Å². The van der Waals surface area contributed by atoms with Gasteiger partial charge in [0.2, 0.25) is 0 Å². The first-order valence-corrected chi connectivity index (χ1v) is 8.34. The molecule has 1 atom stereocenters. The highest BCUT2D eigenvalue weighted by molar-refractivity contribution is 9.10. The second kappa shape index (κ2) is 5.92. The minimum atomic E-state index is -4.02. The van der Waals surface area contributed by atoms with Crippen LogP contribution in [0.3, 0.4) is 0 Å². The molecule has 1 N–H and O–H groups in total. The summed E-state index contributed by atoms with van der Waals surface area (Å²) >= 11 is 3.58. The summed E-state index contributed by atoms with van der Waals surface area (Å²) in [5.74, 6) is -1.10. The first-order valence-electron chi connectivity index (χ1n) is 7.55. The highest BCUT2D eigenvalue weighted by atomic mass is 79.9. The molecule has 3 rings (SSSR count). The van der Waals surface area contributed by atoms with E-state index in [1.54, 1.807) is 0 Å². The first-order chi connectivity index (χ1) is 9.95. The van der Waals surface area contributed by atoms with Gasteiger partial charge in [-0.05, 0) is 55.7 Å². The molecule has 1 fully saturated rings. The molecule has 5 heteroatoms. The van der Waals surface area contributed by atoms with E-state index in [1.807, 2.05) is 6.07 Å². The Morgan fingerprint density at radius 3 is 2.43 bits per heavy atom. The number of hydrogen-bond acceptors (Lipinski definition) is 1. The maximum Gasteiger partial charge on any atom is 0.391 e. The third kappa shape index (κ3) is 3.29. The summed E-state index contributed by atoms with van der Waals surface area (Å²) in [6, 6.07) is 6.73. The number of rotatable bonds is 2. The fourth-order valence-corrected chi connectivity index (χ4v) is 4.23. The molecule has 1 aromatic carbocycles. The molecule has 0 spiro atoms. The molecular formula is C16H19BrF3N. The lowest BCUT2D eigenvalue weighted by atomic mass is 9.85. The molecule has 0 saturated heterocycles. The number of fused-ring (bicyclic) bond motifs is 1. The Kier molecular flexibility index (Phi) is 4.33. The van der Waals surface area contributed by atoms with Crippen molar-refractivity contribution in [3.63, 3.8) is 0 Å². The van der Waals surface area contributed by atoms with Crippen molar-refractivity contribution in [2.75, 3.05) is 0 Å². The molecule has 0 amide bonds. The molecule has 1 aromatic rings. The van der Waals surface area contributed by atoms with Crippen molar-refractivity contribution in [1.82, 2.24) is 5.32 Å². The molecule has 1 nitrogen and oxygen atoms in total. The van der Waals surface area contributed by atoms with Gasteiger partial charge in [0.05, 0.1) is 5.92 Å². The maximum absolute atomic E-state index is 12.7. The molecule has 0 heterocycles. The van der Waals surface area contributed by atoms with Crippen LogP contribution in [0.4, 0.5) is 13.2 Å². The quantitative estimate of drug-likeness (QED) is 0.768. The van der Waals surface area contributed by atoms with Crippen LogP contribution >= 0.6 is 15.9 Å². The van der Waals surface area contributed by atoms with Crippen molar-refractivity contribution in [3.8, 4) is 0 Å². The number of halogens is 4. The number of nitrogens with one attached hydrogen (secondary N) is 1. The largest absolute Gasteiger partial charge is 0.391 e. The lowest BCUT2D eigenvalue weighted by molar-refractivity contribution is -0.182. The zero-order chi connectivity index (χ0) is 15.0. The lowest BCUT2D eigenvalue weighted by Gasteiger charge is -2.32. The van der Waals surface area contributed by atoms with Crippen molar-refractivity contribution < 1.29 is 13.2 Å². The van der Waals surface area contributed by atoms with Crippen molar-refractivity contribution in [1.29, 1.82) is 0 Å². The summed E-state index contributed by atoms with van der Waals surface area (Å²) in [6.45, 7) is 0. The van der Waals surface area contributed by atoms with Gasteiger partial charge in [-0.15, -0.1) is 0 Å². The summed E-state index contributed by atoms with van der Waals surface area (Å²) in [4.78, 5) is 0. The van der Waals surface area contributed by atoms with Gasteiger partial charge >= 0.3 is 6.18 Å². The van der Waals surface area contributed by atoms with Crippen molar-refractivity contribution in [3.05, 3.63) is 33.8 Å². The highest BCUT2D eigenvalue weighted by Gasteiger charge is 2.41. The third-order valence-corrected chi connectivity index (χ3v) is 5.58. The minimum Gasteiger partial charge on any atom is -0.307 e. The molecule has 0 aromatic heterocycles. The molecule has 2 aliphatic carbocycles. The molecule has 116 valence electrons. The highest BCUT2D eigenvalue weighted by Crippen LogP contribution is 2.40. The minimum absolute atomic E-state index is 0.221. The molecule has 1 saturated carbocycles. The Labute approximate surface area is 131 Å². The Morgan fingerprint density at radius 1 is 1.05 bits per heavy atom. The van der Waals surface area contributed by atoms with Crippen LogP contribution in [-0.2, 0) is 6.42 Å². The van der Waals surface area contributed by atoms with E-state index in [4.69, 9.17) is 0 Å². The predicted octanol–water partition coefficient (Wildman–Crippen LogP) is 5.15. The Balaban J connectivity index is 1.60. The van der Waals surface area contributed by atoms with Gasteiger partial charge in [-0.1, -0.05) is 28.1 Å². The monoisotopic (exact) mass is 361 g/mol. The topological polar surface area (TPSA) is 12.0 Å². The second-order valence-electron chi connectivity index (χ2n) is 6.16. The van der Waals surface area contributed by atoms with Crippen molar-refractivity contribution >= 4 is 15.9 Å². The fourth-order valence-electron chi connectivity index (χ4n) is 3.65. The predicted molar refractivity (Wildman–Crippen MR) is 80.1 cm³/mol. The normalized spacial score (nSPS) is 29.4. The zero-order valence-electron chi connectivity index (χ0n) is 11.7. The summed E-state index contributed by atoms with van der Waals surface area (Å²) in [7, 11) is 0. The number of alkyl halides is 3. The van der Waals surface area contributed by atoms with E-state index in [0.29, 0.717) is 18.9 Å². The van der Waals surface area contributed by atoms with Crippen LogP contribution in [0.2, 0.25) is 0 Å². The van der Waals surface area contributed by atoms with E-state index in [2.05, 4.69) is 33.4 Å². The standard InChI is InChI=1S/C16H19BrF3N/c17-14-3-1-2-13-12(14)8-9-15(13)21-11-6-4-10(5-7-11)16(18,19)20/h1-3,10-11,15,21H,4-9H2. The van der Waals surface area contributed by atoms with E-state index in [9.17, 15) is 13.2 Å². The van der Waals surface area contributed by atoms with E-state index in [-0.39, 0.29) is 18.9 Å². The van der Waals surface area contributed by atoms with Crippen LogP contribution in [0, 0.1) is 5.92 Å². The van der Waals surface area contributed by atoms with E-state index < -0.39 is 12.1 Å². The van der Waals surface area contributed by atoms with Gasteiger partial charge in [-0.25, -0.2) is 0 Å². The SMILES string of the molecule is FC(F)(F)C1CCC(NC2CCc3c(Br)cccc32)CC1. The third-order valence-electron chi connectivity index (χ3n) is 4.84. The van der Waals surface area contributed by atoms with Crippen LogP contribution in [0.15, 0.2) is 22.7 Å². The zero-order valence-corrected chi connectivity index (χ0v) is 13.3. The van der Waals surface area contributed by atoms with Crippen LogP contribution in [0.25, 0.3) is 0 Å². The van der Waals surface area contributed by atoms with Gasteiger partial charge in [0.15, 0.2) is 0 Å². The molecule has 0 bridgehead atoms. The van der Waals surface area contributed by atoms with Gasteiger partial charge in [0, 0.05) is 16.6 Å². The molecule has 2 aliphatic rings. The Hall–Kier alpha value is -0.550. The number of benzene rings is 1. The van der Waals surface area contributed by atoms with Crippen LogP contribution in [-0.4, -0.2) is 12.2 Å². The van der Waals surface area contributed by atoms with Crippen LogP contribution in [0.1, 0.15) is 49.3 Å². The van der Waals surface area contributed by atoms with Gasteiger partial charge < -0.3 is 5.32 Å². The average molecular weight is 362 g/mol. The smallest absolute Gasteiger partial charge is 0.307 e. The molecule has 0 aliphatic heterocycles. The first kappa shape index (κ1) is 15.3. The molecular weight excluding hydrogens is 343 g/mol. The van der Waals surface area contributed by atoms with Crippen molar-refractivity contribution in [2.45, 2.75) is 56.8 Å². The Bertz CT molecular complexity index is 507. The average Bonchev–Trinajstić information content (AvgIpc) is 2.83. The maximum atomic E-state index is 12.7. The molecule has 0 radical (unpaired) electrons. The summed E-state index contributed by atoms with van der Waals surface area (Å²) in [5.41, 5.74) is 2.65. The summed E-state index contributed by atoms with van der Waals surface area (Å²) < 4.78 is 39.2. The molecule has 21 heavy (non-hydrogen) atoms. The Morgan fingerprint density at radius 2 is 1.76 bits per heavy atom. The van der Waals surface area contributed by atoms with E-state index in [0.717, 1.165) is 17.3 Å². The van der Waals surface area contributed by atoms with Crippen LogP contribution in [0.5, 0.6) is 0 Å². The fraction of sp³-hybridized carbons (Fsp3) is 0.625. The van der Waals surface area contributed by atoms with Gasteiger partial charge in [-0.2, -0.15) is 13.2 Å². The second-order valence-corrected chi connectivity index (χ2v) is 7.01. The summed E-state index contributed by atoms with van der Waals surface area (Å²) in [6.07, 6.45) is -0.161. The van der Waals surface area contributed by atoms with Crippen LogP contribution < -0.4 is 5.32 Å². The van der Waals surface area contributed by atoms with Gasteiger partial charge in [0.1, 0.15) is 0 Å². The summed E-state index contributed by atoms with van der Waals surface area (Å²) in [5, 5.41) is 3.59. The van der Waals surface area contributed by atoms with Crippen molar-refractivity contribution in [2.24, 2.45) is 5.92 Å². The van der Waals surface area contributed by atoms with E-state index in [1.165, 1.54) is 11.1 Å². The molecule has 1 unspecified atom stereocenters. The lowest BCUT2D eigenvalue weighted by Crippen LogP contribution is -2.38.